The molecule has 1 N–H and O–H groups in total. The fraction of sp³-hybridized carbons (Fsp3) is 0.500. The molecule has 0 saturated heterocycles. The van der Waals surface area contributed by atoms with Crippen molar-refractivity contribution in [1.82, 2.24) is 5.32 Å². The predicted molar refractivity (Wildman–Crippen MR) is 46.9 cm³/mol. The van der Waals surface area contributed by atoms with E-state index in [4.69, 9.17) is 0 Å². The molecule has 1 amide bonds. The van der Waals surface area contributed by atoms with Gasteiger partial charge >= 0.3 is 0 Å². The summed E-state index contributed by atoms with van der Waals surface area (Å²) in [7, 11) is 1.69. The van der Waals surface area contributed by atoms with Crippen molar-refractivity contribution < 1.29 is 4.79 Å². The van der Waals surface area contributed by atoms with E-state index < -0.39 is 0 Å². The summed E-state index contributed by atoms with van der Waals surface area (Å²) >= 11 is 0. The number of likely N-dealkylation sites (N-methyl/N-ethyl adjacent to an activating group) is 1. The molecule has 0 aliphatic rings. The van der Waals surface area contributed by atoms with Crippen LogP contribution in [-0.4, -0.2) is 25.2 Å². The molecule has 0 aromatic carbocycles. The second kappa shape index (κ2) is 5.65. The molecule has 0 aromatic rings. The summed E-state index contributed by atoms with van der Waals surface area (Å²) < 4.78 is 0. The van der Waals surface area contributed by atoms with Gasteiger partial charge in [-0.15, -0.1) is 0 Å². The zero-order valence-corrected chi connectivity index (χ0v) is 7.22. The van der Waals surface area contributed by atoms with Crippen molar-refractivity contribution in [3.63, 3.8) is 0 Å². The van der Waals surface area contributed by atoms with Gasteiger partial charge in [0.05, 0.1) is 0 Å². The third-order valence-corrected chi connectivity index (χ3v) is 1.18. The van der Waals surface area contributed by atoms with Crippen LogP contribution in [0.4, 0.5) is 0 Å². The first kappa shape index (κ1) is 9.88. The fourth-order valence-electron chi connectivity index (χ4n) is 0.504. The van der Waals surface area contributed by atoms with Crippen LogP contribution in [-0.2, 0) is 4.79 Å². The molecule has 0 spiro atoms. The third kappa shape index (κ3) is 5.33. The highest BCUT2D eigenvalue weighted by Crippen LogP contribution is 1.79. The van der Waals surface area contributed by atoms with Crippen LogP contribution in [0, 0.1) is 0 Å². The maximum absolute atomic E-state index is 10.8. The highest BCUT2D eigenvalue weighted by atomic mass is 16.1. The molecule has 0 rings (SSSR count). The minimum Gasteiger partial charge on any atom is -0.353 e. The van der Waals surface area contributed by atoms with E-state index in [9.17, 15) is 4.79 Å². The van der Waals surface area contributed by atoms with Crippen LogP contribution >= 0.6 is 0 Å². The topological polar surface area (TPSA) is 41.5 Å². The maximum atomic E-state index is 10.8. The first-order valence-corrected chi connectivity index (χ1v) is 3.60. The monoisotopic (exact) mass is 154 g/mol. The Hall–Kier alpha value is -1.12. The van der Waals surface area contributed by atoms with E-state index in [2.05, 4.69) is 10.3 Å². The van der Waals surface area contributed by atoms with Crippen LogP contribution < -0.4 is 5.32 Å². The van der Waals surface area contributed by atoms with Gasteiger partial charge in [0.2, 0.25) is 5.91 Å². The molecule has 11 heavy (non-hydrogen) atoms. The van der Waals surface area contributed by atoms with Crippen LogP contribution in [0.15, 0.2) is 17.1 Å². The van der Waals surface area contributed by atoms with Crippen LogP contribution in [0.5, 0.6) is 0 Å². The third-order valence-electron chi connectivity index (χ3n) is 1.18. The van der Waals surface area contributed by atoms with Gasteiger partial charge in [0.25, 0.3) is 0 Å². The predicted octanol–water partition coefficient (Wildman–Crippen LogP) is 0.769. The van der Waals surface area contributed by atoms with Gasteiger partial charge in [0.15, 0.2) is 0 Å². The van der Waals surface area contributed by atoms with Crippen molar-refractivity contribution in [2.45, 2.75) is 13.8 Å². The second-order valence-corrected chi connectivity index (χ2v) is 2.09. The summed E-state index contributed by atoms with van der Waals surface area (Å²) in [5.41, 5.74) is 0.844. The highest BCUT2D eigenvalue weighted by Gasteiger charge is 1.89. The zero-order valence-electron chi connectivity index (χ0n) is 7.22. The number of carbonyl (C=O) groups is 1. The SMILES string of the molecule is CCNC(=O)/C=C/C(C)=N\C. The van der Waals surface area contributed by atoms with E-state index in [1.807, 2.05) is 13.8 Å². The van der Waals surface area contributed by atoms with Gasteiger partial charge in [-0.2, -0.15) is 0 Å². The Morgan fingerprint density at radius 2 is 2.18 bits per heavy atom. The fourth-order valence-corrected chi connectivity index (χ4v) is 0.504. The molecule has 3 nitrogen and oxygen atoms in total. The summed E-state index contributed by atoms with van der Waals surface area (Å²) in [4.78, 5) is 14.7. The van der Waals surface area contributed by atoms with Crippen molar-refractivity contribution >= 4 is 11.6 Å². The van der Waals surface area contributed by atoms with Gasteiger partial charge in [0.1, 0.15) is 0 Å². The molecule has 0 heterocycles. The quantitative estimate of drug-likeness (QED) is 0.473. The number of hydrogen-bond acceptors (Lipinski definition) is 2. The molecular weight excluding hydrogens is 140 g/mol. The molecule has 0 aliphatic carbocycles. The lowest BCUT2D eigenvalue weighted by atomic mass is 10.3. The molecule has 0 bridgehead atoms. The number of aliphatic imine (C=N–C) groups is 1. The molecule has 3 heteroatoms. The van der Waals surface area contributed by atoms with Crippen molar-refractivity contribution in [3.05, 3.63) is 12.2 Å². The Morgan fingerprint density at radius 3 is 2.64 bits per heavy atom. The smallest absolute Gasteiger partial charge is 0.244 e. The Balaban J connectivity index is 3.83. The first-order valence-electron chi connectivity index (χ1n) is 3.60. The number of allylic oxidation sites excluding steroid dienone is 1. The summed E-state index contributed by atoms with van der Waals surface area (Å²) in [5.74, 6) is -0.0736. The molecule has 0 atom stereocenters. The molecule has 0 fully saturated rings. The van der Waals surface area contributed by atoms with Crippen molar-refractivity contribution in [2.75, 3.05) is 13.6 Å². The number of nitrogens with one attached hydrogen (secondary N) is 1. The van der Waals surface area contributed by atoms with E-state index >= 15 is 0 Å². The number of carbonyl (C=O) groups excluding carboxylic acids is 1. The van der Waals surface area contributed by atoms with E-state index in [-0.39, 0.29) is 5.91 Å². The van der Waals surface area contributed by atoms with E-state index in [0.29, 0.717) is 6.54 Å². The Morgan fingerprint density at radius 1 is 1.55 bits per heavy atom. The first-order chi connectivity index (χ1) is 5.20. The van der Waals surface area contributed by atoms with Crippen LogP contribution in [0.1, 0.15) is 13.8 Å². The van der Waals surface area contributed by atoms with Crippen molar-refractivity contribution in [1.29, 1.82) is 0 Å². The lowest BCUT2D eigenvalue weighted by molar-refractivity contribution is -0.116. The van der Waals surface area contributed by atoms with Gasteiger partial charge in [-0.05, 0) is 19.9 Å². The van der Waals surface area contributed by atoms with Gasteiger partial charge < -0.3 is 5.32 Å². The number of hydrogen-bond donors (Lipinski definition) is 1. The average molecular weight is 154 g/mol. The molecule has 0 radical (unpaired) electrons. The maximum Gasteiger partial charge on any atom is 0.244 e. The largest absolute Gasteiger partial charge is 0.353 e. The van der Waals surface area contributed by atoms with Gasteiger partial charge in [-0.1, -0.05) is 0 Å². The molecule has 0 unspecified atom stereocenters. The zero-order chi connectivity index (χ0) is 8.69. The lowest BCUT2D eigenvalue weighted by Crippen LogP contribution is -2.20. The summed E-state index contributed by atoms with van der Waals surface area (Å²) in [6, 6.07) is 0. The van der Waals surface area contributed by atoms with Gasteiger partial charge in [-0.3, -0.25) is 9.79 Å². The Kier molecular flexibility index (Phi) is 5.07. The molecule has 62 valence electrons. The number of amides is 1. The summed E-state index contributed by atoms with van der Waals surface area (Å²) in [5, 5.41) is 2.64. The number of rotatable bonds is 3. The van der Waals surface area contributed by atoms with Crippen molar-refractivity contribution in [3.8, 4) is 0 Å². The summed E-state index contributed by atoms with van der Waals surface area (Å²) in [6.07, 6.45) is 3.16. The van der Waals surface area contributed by atoms with E-state index in [1.165, 1.54) is 6.08 Å². The highest BCUT2D eigenvalue weighted by molar-refractivity contribution is 5.99. The molecule has 0 aliphatic heterocycles. The van der Waals surface area contributed by atoms with Gasteiger partial charge in [0, 0.05) is 25.4 Å². The Bertz CT molecular complexity index is 183. The minimum atomic E-state index is -0.0736. The van der Waals surface area contributed by atoms with Gasteiger partial charge in [-0.25, -0.2) is 0 Å². The molecular formula is C8H14N2O. The van der Waals surface area contributed by atoms with Crippen molar-refractivity contribution in [2.24, 2.45) is 4.99 Å². The van der Waals surface area contributed by atoms with E-state index in [1.54, 1.807) is 13.1 Å². The molecule has 0 aromatic heterocycles. The normalized spacial score (nSPS) is 12.1. The Labute approximate surface area is 67.2 Å². The number of nitrogens with zero attached hydrogens (tertiary/aromatic N) is 1. The molecule has 0 saturated carbocycles. The van der Waals surface area contributed by atoms with Crippen LogP contribution in [0.2, 0.25) is 0 Å². The van der Waals surface area contributed by atoms with E-state index in [0.717, 1.165) is 5.71 Å². The second-order valence-electron chi connectivity index (χ2n) is 2.09. The summed E-state index contributed by atoms with van der Waals surface area (Å²) in [6.45, 7) is 4.38. The average Bonchev–Trinajstić information content (AvgIpc) is 2.01. The van der Waals surface area contributed by atoms with Crippen LogP contribution in [0.3, 0.4) is 0 Å². The standard InChI is InChI=1S/C8H14N2O/c1-4-10-8(11)6-5-7(2)9-3/h5-6H,4H2,1-3H3,(H,10,11)/b6-5+,9-7-. The van der Waals surface area contributed by atoms with Crippen LogP contribution in [0.25, 0.3) is 0 Å². The minimum absolute atomic E-state index is 0.0736. The lowest BCUT2D eigenvalue weighted by Gasteiger charge is -1.93.